The van der Waals surface area contributed by atoms with Gasteiger partial charge >= 0.3 is 5.97 Å². The van der Waals surface area contributed by atoms with Crippen molar-refractivity contribution in [3.63, 3.8) is 0 Å². The summed E-state index contributed by atoms with van der Waals surface area (Å²) in [6.07, 6.45) is 0. The Morgan fingerprint density at radius 2 is 2.00 bits per heavy atom. The summed E-state index contributed by atoms with van der Waals surface area (Å²) in [7, 11) is 0. The molecule has 0 aromatic rings. The van der Waals surface area contributed by atoms with Gasteiger partial charge in [0.2, 0.25) is 0 Å². The van der Waals surface area contributed by atoms with Crippen LogP contribution in [0.4, 0.5) is 0 Å². The first-order valence-corrected chi connectivity index (χ1v) is 2.54. The normalized spacial score (nSPS) is 14.0. The molecule has 48 valence electrons. The van der Waals surface area contributed by atoms with Gasteiger partial charge in [-0.05, 0) is 5.92 Å². The summed E-state index contributed by atoms with van der Waals surface area (Å²) in [4.78, 5) is 10.0. The number of carbonyl (C=O) groups is 1. The highest BCUT2D eigenvalue weighted by molar-refractivity contribution is 5.73. The highest BCUT2D eigenvalue weighted by atomic mass is 16.5. The van der Waals surface area contributed by atoms with E-state index in [0.717, 1.165) is 0 Å². The molecule has 0 fully saturated rings. The maximum absolute atomic E-state index is 10.0. The lowest BCUT2D eigenvalue weighted by molar-refractivity contribution is -0.139. The van der Waals surface area contributed by atoms with Crippen molar-refractivity contribution in [2.24, 2.45) is 11.7 Å². The van der Waals surface area contributed by atoms with Crippen LogP contribution in [-0.2, 0) is 4.79 Å². The van der Waals surface area contributed by atoms with Crippen molar-refractivity contribution >= 4 is 5.97 Å². The molecule has 0 rings (SSSR count). The maximum atomic E-state index is 10.0. The lowest BCUT2D eigenvalue weighted by Crippen LogP contribution is -2.34. The molecule has 0 aliphatic heterocycles. The molecule has 0 spiro atoms. The fourth-order valence-electron chi connectivity index (χ4n) is 0.285. The Balaban J connectivity index is 3.64. The van der Waals surface area contributed by atoms with Crippen molar-refractivity contribution in [2.75, 3.05) is 0 Å². The molecular formula is C5H11NO2. The van der Waals surface area contributed by atoms with Crippen LogP contribution in [0.25, 0.3) is 0 Å². The number of rotatable bonds is 2. The van der Waals surface area contributed by atoms with Crippen LogP contribution in [0.2, 0.25) is 0 Å². The first-order chi connectivity index (χ1) is 3.55. The summed E-state index contributed by atoms with van der Waals surface area (Å²) in [6.45, 7) is 3.55. The van der Waals surface area contributed by atoms with Crippen LogP contribution in [0, 0.1) is 5.92 Å². The topological polar surface area (TPSA) is 63.3 Å². The SMILES string of the molecule is CC(C)[C@H](N)[13C](=O)O. The number of carboxylic acid groups (broad SMARTS) is 1. The van der Waals surface area contributed by atoms with Gasteiger partial charge in [-0.1, -0.05) is 13.8 Å². The van der Waals surface area contributed by atoms with Crippen molar-refractivity contribution in [3.05, 3.63) is 0 Å². The van der Waals surface area contributed by atoms with Gasteiger partial charge in [0.25, 0.3) is 0 Å². The van der Waals surface area contributed by atoms with E-state index >= 15 is 0 Å². The monoisotopic (exact) mass is 118 g/mol. The average molecular weight is 118 g/mol. The summed E-state index contributed by atoms with van der Waals surface area (Å²) in [6, 6.07) is -0.713. The third-order valence-corrected chi connectivity index (χ3v) is 1.00. The van der Waals surface area contributed by atoms with E-state index in [4.69, 9.17) is 10.8 Å². The molecule has 0 aliphatic rings. The third-order valence-electron chi connectivity index (χ3n) is 1.00. The van der Waals surface area contributed by atoms with Crippen LogP contribution in [0.15, 0.2) is 0 Å². The molecule has 1 atom stereocenters. The second-order valence-electron chi connectivity index (χ2n) is 2.11. The Bertz CT molecular complexity index is 90.4. The van der Waals surface area contributed by atoms with Crippen LogP contribution >= 0.6 is 0 Å². The van der Waals surface area contributed by atoms with Crippen molar-refractivity contribution in [1.29, 1.82) is 0 Å². The summed E-state index contributed by atoms with van der Waals surface area (Å²) in [5, 5.41) is 8.23. The molecule has 0 heterocycles. The molecule has 3 nitrogen and oxygen atoms in total. The van der Waals surface area contributed by atoms with Crippen molar-refractivity contribution in [2.45, 2.75) is 19.9 Å². The van der Waals surface area contributed by atoms with Gasteiger partial charge in [0, 0.05) is 0 Å². The first kappa shape index (κ1) is 7.43. The van der Waals surface area contributed by atoms with E-state index in [2.05, 4.69) is 0 Å². The van der Waals surface area contributed by atoms with E-state index in [1.165, 1.54) is 0 Å². The zero-order valence-electron chi connectivity index (χ0n) is 5.09. The van der Waals surface area contributed by atoms with Gasteiger partial charge in [-0.25, -0.2) is 0 Å². The standard InChI is InChI=1S/C5H11NO2/c1-3(2)4(6)5(7)8/h3-4H,6H2,1-2H3,(H,7,8)/t4-/m0/s1/i5+1. The molecule has 3 heteroatoms. The zero-order chi connectivity index (χ0) is 6.73. The summed E-state index contributed by atoms with van der Waals surface area (Å²) in [5.41, 5.74) is 5.16. The molecular weight excluding hydrogens is 107 g/mol. The van der Waals surface area contributed by atoms with Crippen LogP contribution in [0.5, 0.6) is 0 Å². The fourth-order valence-corrected chi connectivity index (χ4v) is 0.285. The summed E-state index contributed by atoms with van der Waals surface area (Å²) >= 11 is 0. The van der Waals surface area contributed by atoms with E-state index in [9.17, 15) is 4.79 Å². The van der Waals surface area contributed by atoms with Crippen LogP contribution in [0.1, 0.15) is 13.8 Å². The van der Waals surface area contributed by atoms with Crippen LogP contribution in [0.3, 0.4) is 0 Å². The van der Waals surface area contributed by atoms with Gasteiger partial charge < -0.3 is 10.8 Å². The average Bonchev–Trinajstić information content (AvgIpc) is 1.64. The minimum atomic E-state index is -0.931. The van der Waals surface area contributed by atoms with Crippen molar-refractivity contribution in [3.8, 4) is 0 Å². The molecule has 0 aromatic heterocycles. The number of carboxylic acids is 1. The van der Waals surface area contributed by atoms with Gasteiger partial charge in [0.1, 0.15) is 6.04 Å². The maximum Gasteiger partial charge on any atom is 0.320 e. The lowest BCUT2D eigenvalue weighted by atomic mass is 10.1. The van der Waals surface area contributed by atoms with Gasteiger partial charge in [0.05, 0.1) is 0 Å². The fraction of sp³-hybridized carbons (Fsp3) is 0.800. The Labute approximate surface area is 48.5 Å². The Kier molecular flexibility index (Phi) is 2.48. The highest BCUT2D eigenvalue weighted by Crippen LogP contribution is 1.96. The van der Waals surface area contributed by atoms with E-state index in [1.54, 1.807) is 13.8 Å². The van der Waals surface area contributed by atoms with Crippen molar-refractivity contribution in [1.82, 2.24) is 0 Å². The number of nitrogens with two attached hydrogens (primary N) is 1. The molecule has 0 radical (unpaired) electrons. The minimum absolute atomic E-state index is 0.0208. The van der Waals surface area contributed by atoms with E-state index in [0.29, 0.717) is 0 Å². The second kappa shape index (κ2) is 2.67. The smallest absolute Gasteiger partial charge is 0.320 e. The highest BCUT2D eigenvalue weighted by Gasteiger charge is 2.14. The van der Waals surface area contributed by atoms with Gasteiger partial charge in [0.15, 0.2) is 0 Å². The molecule has 0 bridgehead atoms. The Morgan fingerprint density at radius 1 is 1.62 bits per heavy atom. The number of hydrogen-bond donors (Lipinski definition) is 2. The Morgan fingerprint density at radius 3 is 2.00 bits per heavy atom. The van der Waals surface area contributed by atoms with Crippen LogP contribution < -0.4 is 5.73 Å². The number of hydrogen-bond acceptors (Lipinski definition) is 2. The second-order valence-corrected chi connectivity index (χ2v) is 2.11. The molecule has 3 N–H and O–H groups in total. The van der Waals surface area contributed by atoms with Gasteiger partial charge in [-0.15, -0.1) is 0 Å². The third kappa shape index (κ3) is 1.93. The van der Waals surface area contributed by atoms with Crippen LogP contribution in [-0.4, -0.2) is 17.1 Å². The predicted molar refractivity (Wildman–Crippen MR) is 30.4 cm³/mol. The molecule has 0 saturated heterocycles. The first-order valence-electron chi connectivity index (χ1n) is 2.54. The zero-order valence-corrected chi connectivity index (χ0v) is 5.09. The Hall–Kier alpha value is -0.570. The molecule has 0 amide bonds. The van der Waals surface area contributed by atoms with Gasteiger partial charge in [-0.3, -0.25) is 4.79 Å². The summed E-state index contributed by atoms with van der Waals surface area (Å²) in [5.74, 6) is -0.910. The quantitative estimate of drug-likeness (QED) is 0.504. The lowest BCUT2D eigenvalue weighted by Gasteiger charge is -2.07. The largest absolute Gasteiger partial charge is 0.480 e. The molecule has 0 aromatic carbocycles. The minimum Gasteiger partial charge on any atom is -0.480 e. The summed E-state index contributed by atoms with van der Waals surface area (Å²) < 4.78 is 0. The van der Waals surface area contributed by atoms with E-state index < -0.39 is 12.0 Å². The van der Waals surface area contributed by atoms with Crippen molar-refractivity contribution < 1.29 is 9.90 Å². The predicted octanol–water partition coefficient (Wildman–Crippen LogP) is 0.0543. The number of aliphatic carboxylic acids is 1. The van der Waals surface area contributed by atoms with E-state index in [1.807, 2.05) is 0 Å². The van der Waals surface area contributed by atoms with E-state index in [-0.39, 0.29) is 5.92 Å². The molecule has 0 aliphatic carbocycles. The van der Waals surface area contributed by atoms with Gasteiger partial charge in [-0.2, -0.15) is 0 Å². The molecule has 0 unspecified atom stereocenters. The molecule has 8 heavy (non-hydrogen) atoms. The molecule has 0 saturated carbocycles.